The van der Waals surface area contributed by atoms with Crippen molar-refractivity contribution in [2.45, 2.75) is 38.9 Å². The van der Waals surface area contributed by atoms with Gasteiger partial charge in [-0.1, -0.05) is 26.8 Å². The van der Waals surface area contributed by atoms with Gasteiger partial charge in [0.05, 0.1) is 23.7 Å². The van der Waals surface area contributed by atoms with Crippen LogP contribution in [0, 0.1) is 17.0 Å². The van der Waals surface area contributed by atoms with E-state index in [9.17, 15) is 14.9 Å². The van der Waals surface area contributed by atoms with Gasteiger partial charge in [0.1, 0.15) is 5.76 Å². The topological polar surface area (TPSA) is 90.8 Å². The molecule has 1 aromatic carbocycles. The Labute approximate surface area is 180 Å². The molecular formula is C21H29N3O5S. The van der Waals surface area contributed by atoms with Gasteiger partial charge in [-0.2, -0.15) is 11.8 Å². The zero-order chi connectivity index (χ0) is 21.9. The van der Waals surface area contributed by atoms with Gasteiger partial charge in [-0.3, -0.25) is 19.8 Å². The second-order valence-corrected chi connectivity index (χ2v) is 9.61. The number of hydrogen-bond acceptors (Lipinski definition) is 7. The van der Waals surface area contributed by atoms with Gasteiger partial charge in [0, 0.05) is 42.6 Å². The second kappa shape index (κ2) is 9.36. The Bertz CT molecular complexity index is 955. The van der Waals surface area contributed by atoms with Crippen molar-refractivity contribution in [3.05, 3.63) is 55.6 Å². The molecule has 9 heteroatoms. The van der Waals surface area contributed by atoms with Crippen molar-refractivity contribution in [2.75, 3.05) is 38.6 Å². The number of benzene rings is 1. The van der Waals surface area contributed by atoms with Crippen LogP contribution in [0.5, 0.6) is 0 Å². The molecule has 0 atom stereocenters. The number of ether oxygens (including phenoxy) is 1. The summed E-state index contributed by atoms with van der Waals surface area (Å²) in [5, 5.41) is 11.5. The molecule has 3 rings (SSSR count). The van der Waals surface area contributed by atoms with Crippen LogP contribution < -0.4 is 5.56 Å². The highest BCUT2D eigenvalue weighted by molar-refractivity contribution is 7.98. The van der Waals surface area contributed by atoms with Gasteiger partial charge in [-0.15, -0.1) is 4.74 Å². The third-order valence-electron chi connectivity index (χ3n) is 5.03. The predicted molar refractivity (Wildman–Crippen MR) is 118 cm³/mol. The molecule has 1 aliphatic heterocycles. The summed E-state index contributed by atoms with van der Waals surface area (Å²) >= 11 is 1.68. The minimum atomic E-state index is -0.481. The van der Waals surface area contributed by atoms with E-state index in [1.165, 1.54) is 6.07 Å². The minimum absolute atomic E-state index is 0.141. The fourth-order valence-electron chi connectivity index (χ4n) is 3.43. The van der Waals surface area contributed by atoms with E-state index < -0.39 is 10.3 Å². The van der Waals surface area contributed by atoms with Crippen LogP contribution in [0.3, 0.4) is 0 Å². The quantitative estimate of drug-likeness (QED) is 0.373. The molecule has 0 aliphatic carbocycles. The summed E-state index contributed by atoms with van der Waals surface area (Å²) in [4.78, 5) is 26.6. The van der Waals surface area contributed by atoms with Crippen molar-refractivity contribution in [2.24, 2.45) is 0 Å². The third-order valence-corrected chi connectivity index (χ3v) is 5.99. The number of hydrogen-bond donors (Lipinski definition) is 0. The van der Waals surface area contributed by atoms with Crippen molar-refractivity contribution in [1.29, 1.82) is 0 Å². The molecule has 2 heterocycles. The van der Waals surface area contributed by atoms with E-state index in [1.807, 2.05) is 20.8 Å². The number of nitro groups is 1. The summed E-state index contributed by atoms with van der Waals surface area (Å²) in [5.74, 6) is 1.96. The lowest BCUT2D eigenvalue weighted by Gasteiger charge is -2.26. The molecule has 1 fully saturated rings. The first kappa shape index (κ1) is 22.6. The molecule has 0 bridgehead atoms. The number of rotatable bonds is 7. The molecule has 0 N–H and O–H groups in total. The Kier molecular flexibility index (Phi) is 7.05. The first-order chi connectivity index (χ1) is 14.2. The monoisotopic (exact) mass is 435 g/mol. The molecule has 164 valence electrons. The smallest absolute Gasteiger partial charge is 0.296 e. The molecule has 0 spiro atoms. The summed E-state index contributed by atoms with van der Waals surface area (Å²) in [5.41, 5.74) is 0.614. The van der Waals surface area contributed by atoms with Crippen LogP contribution in [-0.2, 0) is 15.9 Å². The lowest BCUT2D eigenvalue weighted by molar-refractivity contribution is -0.384. The predicted octanol–water partition coefficient (Wildman–Crippen LogP) is 3.51. The van der Waals surface area contributed by atoms with E-state index in [4.69, 9.17) is 9.26 Å². The number of nitro benzene ring substituents is 1. The number of aromatic nitrogens is 1. The molecule has 1 aromatic heterocycles. The van der Waals surface area contributed by atoms with Crippen LogP contribution in [0.1, 0.15) is 37.7 Å². The molecule has 30 heavy (non-hydrogen) atoms. The van der Waals surface area contributed by atoms with Gasteiger partial charge in [0.15, 0.2) is 5.69 Å². The average Bonchev–Trinajstić information content (AvgIpc) is 3.02. The Morgan fingerprint density at radius 1 is 1.23 bits per heavy atom. The molecular weight excluding hydrogens is 406 g/mol. The first-order valence-electron chi connectivity index (χ1n) is 10.1. The Hall–Kier alpha value is -2.10. The summed E-state index contributed by atoms with van der Waals surface area (Å²) in [6.45, 7) is 12.0. The summed E-state index contributed by atoms with van der Waals surface area (Å²) in [7, 11) is 0. The van der Waals surface area contributed by atoms with Crippen molar-refractivity contribution in [3.63, 3.8) is 0 Å². The van der Waals surface area contributed by atoms with E-state index in [-0.39, 0.29) is 16.9 Å². The zero-order valence-corrected chi connectivity index (χ0v) is 18.8. The van der Waals surface area contributed by atoms with Crippen molar-refractivity contribution >= 4 is 17.4 Å². The van der Waals surface area contributed by atoms with E-state index in [0.717, 1.165) is 48.9 Å². The third kappa shape index (κ3) is 5.14. The molecule has 0 amide bonds. The summed E-state index contributed by atoms with van der Waals surface area (Å²) in [6.07, 6.45) is 0. The molecule has 0 saturated carbocycles. The highest BCUT2D eigenvalue weighted by atomic mass is 32.2. The number of thioether (sulfide) groups is 1. The average molecular weight is 436 g/mol. The Morgan fingerprint density at radius 2 is 1.93 bits per heavy atom. The Morgan fingerprint density at radius 3 is 2.57 bits per heavy atom. The molecule has 0 unspecified atom stereocenters. The second-order valence-electron chi connectivity index (χ2n) is 8.50. The van der Waals surface area contributed by atoms with E-state index in [2.05, 4.69) is 4.90 Å². The minimum Gasteiger partial charge on any atom is -0.379 e. The van der Waals surface area contributed by atoms with Gasteiger partial charge in [-0.25, -0.2) is 0 Å². The van der Waals surface area contributed by atoms with Gasteiger partial charge in [0.2, 0.25) is 0 Å². The maximum absolute atomic E-state index is 13.2. The normalized spacial score (nSPS) is 15.5. The van der Waals surface area contributed by atoms with Gasteiger partial charge >= 0.3 is 0 Å². The van der Waals surface area contributed by atoms with Crippen molar-refractivity contribution < 1.29 is 14.2 Å². The maximum atomic E-state index is 13.2. The van der Waals surface area contributed by atoms with Gasteiger partial charge in [-0.05, 0) is 18.6 Å². The van der Waals surface area contributed by atoms with Crippen molar-refractivity contribution in [3.8, 4) is 5.69 Å². The van der Waals surface area contributed by atoms with Gasteiger partial charge in [0.25, 0.3) is 11.2 Å². The zero-order valence-electron chi connectivity index (χ0n) is 18.0. The van der Waals surface area contributed by atoms with Gasteiger partial charge < -0.3 is 9.26 Å². The molecule has 2 aromatic rings. The summed E-state index contributed by atoms with van der Waals surface area (Å²) < 4.78 is 12.4. The molecule has 0 radical (unpaired) electrons. The van der Waals surface area contributed by atoms with Crippen LogP contribution in [0.4, 0.5) is 5.69 Å². The highest BCUT2D eigenvalue weighted by Gasteiger charge is 2.30. The number of morpholine rings is 1. The van der Waals surface area contributed by atoms with Crippen LogP contribution in [0.25, 0.3) is 5.69 Å². The standard InChI is InChI=1S/C21H29N3O5S/c1-15-5-6-17(18(13-15)24(26)27)23-20(25)16(19(29-23)21(2,3)4)14-30-12-9-22-7-10-28-11-8-22/h5-6,13H,7-12,14H2,1-4H3. The number of aryl methyl sites for hydroxylation is 1. The van der Waals surface area contributed by atoms with E-state index >= 15 is 0 Å². The van der Waals surface area contributed by atoms with Crippen LogP contribution >= 0.6 is 11.8 Å². The van der Waals surface area contributed by atoms with Crippen LogP contribution in [0.15, 0.2) is 27.5 Å². The van der Waals surface area contributed by atoms with Crippen LogP contribution in [-0.4, -0.2) is 53.2 Å². The largest absolute Gasteiger partial charge is 0.379 e. The van der Waals surface area contributed by atoms with Crippen LogP contribution in [0.2, 0.25) is 0 Å². The molecule has 1 aliphatic rings. The maximum Gasteiger partial charge on any atom is 0.296 e. The highest BCUT2D eigenvalue weighted by Crippen LogP contribution is 2.30. The molecule has 8 nitrogen and oxygen atoms in total. The fraction of sp³-hybridized carbons (Fsp3) is 0.571. The van der Waals surface area contributed by atoms with E-state index in [0.29, 0.717) is 17.1 Å². The molecule has 1 saturated heterocycles. The lowest BCUT2D eigenvalue weighted by atomic mass is 9.91. The van der Waals surface area contributed by atoms with E-state index in [1.54, 1.807) is 30.8 Å². The summed E-state index contributed by atoms with van der Waals surface area (Å²) in [6, 6.07) is 4.77. The van der Waals surface area contributed by atoms with Crippen molar-refractivity contribution in [1.82, 2.24) is 9.64 Å². The Balaban J connectivity index is 1.86. The lowest BCUT2D eigenvalue weighted by Crippen LogP contribution is -2.37. The fourth-order valence-corrected chi connectivity index (χ4v) is 4.42. The SMILES string of the molecule is Cc1ccc(-n2oc(C(C)(C)C)c(CSCCN3CCOCC3)c2=O)c([N+](=O)[O-])c1. The number of nitrogens with zero attached hydrogens (tertiary/aromatic N) is 3. The first-order valence-corrected chi connectivity index (χ1v) is 11.2.